The molecular formula is C17H16F3N3OS. The summed E-state index contributed by atoms with van der Waals surface area (Å²) in [7, 11) is 0. The molecule has 0 aliphatic carbocycles. The summed E-state index contributed by atoms with van der Waals surface area (Å²) in [5.41, 5.74) is 3.28. The van der Waals surface area contributed by atoms with Gasteiger partial charge in [-0.05, 0) is 31.5 Å². The Hall–Kier alpha value is -2.19. The summed E-state index contributed by atoms with van der Waals surface area (Å²) in [5, 5.41) is 14.3. The summed E-state index contributed by atoms with van der Waals surface area (Å²) in [6, 6.07) is 9.26. The lowest BCUT2D eigenvalue weighted by atomic mass is 10.1. The molecule has 0 radical (unpaired) electrons. The molecule has 1 atom stereocenters. The first kappa shape index (κ1) is 17.6. The van der Waals surface area contributed by atoms with Gasteiger partial charge < -0.3 is 5.11 Å². The van der Waals surface area contributed by atoms with Gasteiger partial charge in [0, 0.05) is 11.8 Å². The molecule has 0 spiro atoms. The van der Waals surface area contributed by atoms with E-state index in [0.717, 1.165) is 31.4 Å². The lowest BCUT2D eigenvalue weighted by Gasteiger charge is -2.14. The van der Waals surface area contributed by atoms with Crippen LogP contribution in [0.15, 0.2) is 36.5 Å². The Morgan fingerprint density at radius 3 is 2.56 bits per heavy atom. The molecule has 0 unspecified atom stereocenters. The summed E-state index contributed by atoms with van der Waals surface area (Å²) < 4.78 is 38.4. The predicted molar refractivity (Wildman–Crippen MR) is 90.3 cm³/mol. The lowest BCUT2D eigenvalue weighted by molar-refractivity contribution is -0.208. The van der Waals surface area contributed by atoms with Gasteiger partial charge in [-0.15, -0.1) is 11.3 Å². The van der Waals surface area contributed by atoms with E-state index >= 15 is 0 Å². The summed E-state index contributed by atoms with van der Waals surface area (Å²) in [6.45, 7) is 3.26. The minimum absolute atomic E-state index is 0.551. The van der Waals surface area contributed by atoms with E-state index in [9.17, 15) is 13.2 Å². The maximum atomic E-state index is 12.4. The SMILES string of the molecule is Cc1nc(C)c(-c2cccc(-c3ccn(C[C@H](O)C(F)(F)F)n3)c2)s1. The Balaban J connectivity index is 1.86. The number of halogens is 3. The molecular weight excluding hydrogens is 351 g/mol. The number of hydrogen-bond donors (Lipinski definition) is 1. The molecule has 0 aliphatic rings. The van der Waals surface area contributed by atoms with Gasteiger partial charge in [0.15, 0.2) is 6.10 Å². The van der Waals surface area contributed by atoms with Crippen LogP contribution in [0.4, 0.5) is 13.2 Å². The third-order valence-electron chi connectivity index (χ3n) is 3.70. The van der Waals surface area contributed by atoms with Crippen molar-refractivity contribution in [2.75, 3.05) is 0 Å². The van der Waals surface area contributed by atoms with Crippen LogP contribution in [0.25, 0.3) is 21.7 Å². The Kier molecular flexibility index (Phi) is 4.66. The maximum absolute atomic E-state index is 12.4. The van der Waals surface area contributed by atoms with Crippen LogP contribution in [0, 0.1) is 13.8 Å². The van der Waals surface area contributed by atoms with Crippen LogP contribution in [0.1, 0.15) is 10.7 Å². The highest BCUT2D eigenvalue weighted by atomic mass is 32.1. The van der Waals surface area contributed by atoms with Crippen LogP contribution >= 0.6 is 11.3 Å². The van der Waals surface area contributed by atoms with E-state index in [1.54, 1.807) is 17.4 Å². The van der Waals surface area contributed by atoms with Crippen molar-refractivity contribution in [2.24, 2.45) is 0 Å². The number of thiazole rings is 1. The molecule has 3 aromatic rings. The summed E-state index contributed by atoms with van der Waals surface area (Å²) in [4.78, 5) is 5.48. The number of nitrogens with zero attached hydrogens (tertiary/aromatic N) is 3. The minimum atomic E-state index is -4.66. The van der Waals surface area contributed by atoms with Crippen LogP contribution in [0.5, 0.6) is 0 Å². The number of aliphatic hydroxyl groups excluding tert-OH is 1. The second-order valence-corrected chi connectivity index (χ2v) is 6.91. The van der Waals surface area contributed by atoms with E-state index in [4.69, 9.17) is 5.11 Å². The third-order valence-corrected chi connectivity index (χ3v) is 4.82. The molecule has 3 rings (SSSR count). The fraction of sp³-hybridized carbons (Fsp3) is 0.294. The van der Waals surface area contributed by atoms with Gasteiger partial charge in [-0.3, -0.25) is 4.68 Å². The van der Waals surface area contributed by atoms with Crippen LogP contribution < -0.4 is 0 Å². The van der Waals surface area contributed by atoms with Crippen molar-refractivity contribution in [3.8, 4) is 21.7 Å². The second-order valence-electron chi connectivity index (χ2n) is 5.71. The van der Waals surface area contributed by atoms with Gasteiger partial charge in [-0.2, -0.15) is 18.3 Å². The second kappa shape index (κ2) is 6.61. The zero-order valence-corrected chi connectivity index (χ0v) is 14.4. The Morgan fingerprint density at radius 1 is 1.20 bits per heavy atom. The first-order chi connectivity index (χ1) is 11.7. The van der Waals surface area contributed by atoms with Crippen molar-refractivity contribution in [1.29, 1.82) is 0 Å². The molecule has 0 aliphatic heterocycles. The molecule has 0 amide bonds. The molecule has 0 bridgehead atoms. The highest BCUT2D eigenvalue weighted by molar-refractivity contribution is 7.15. The number of alkyl halides is 3. The van der Waals surface area contributed by atoms with E-state index in [1.165, 1.54) is 6.20 Å². The highest BCUT2D eigenvalue weighted by Gasteiger charge is 2.38. The molecule has 0 saturated heterocycles. The molecule has 4 nitrogen and oxygen atoms in total. The Bertz CT molecular complexity index is 885. The van der Waals surface area contributed by atoms with Crippen LogP contribution in [-0.4, -0.2) is 32.2 Å². The molecule has 1 aromatic carbocycles. The van der Waals surface area contributed by atoms with Gasteiger partial charge in [0.2, 0.25) is 0 Å². The van der Waals surface area contributed by atoms with Crippen LogP contribution in [-0.2, 0) is 6.54 Å². The van der Waals surface area contributed by atoms with Crippen molar-refractivity contribution in [2.45, 2.75) is 32.7 Å². The van der Waals surface area contributed by atoms with Crippen LogP contribution in [0.2, 0.25) is 0 Å². The highest BCUT2D eigenvalue weighted by Crippen LogP contribution is 2.32. The average molecular weight is 367 g/mol. The van der Waals surface area contributed by atoms with Gasteiger partial charge in [0.1, 0.15) is 0 Å². The first-order valence-electron chi connectivity index (χ1n) is 7.57. The summed E-state index contributed by atoms with van der Waals surface area (Å²) >= 11 is 1.59. The van der Waals surface area contributed by atoms with E-state index < -0.39 is 18.8 Å². The number of aliphatic hydroxyl groups is 1. The quantitative estimate of drug-likeness (QED) is 0.751. The van der Waals surface area contributed by atoms with Crippen molar-refractivity contribution in [3.05, 3.63) is 47.2 Å². The molecule has 2 heterocycles. The van der Waals surface area contributed by atoms with Crippen molar-refractivity contribution >= 4 is 11.3 Å². The van der Waals surface area contributed by atoms with E-state index in [1.807, 2.05) is 38.1 Å². The molecule has 132 valence electrons. The van der Waals surface area contributed by atoms with Crippen LogP contribution in [0.3, 0.4) is 0 Å². The first-order valence-corrected chi connectivity index (χ1v) is 8.39. The fourth-order valence-electron chi connectivity index (χ4n) is 2.52. The third kappa shape index (κ3) is 3.91. The predicted octanol–water partition coefficient (Wildman–Crippen LogP) is 4.21. The summed E-state index contributed by atoms with van der Waals surface area (Å²) in [5.74, 6) is 0. The number of aryl methyl sites for hydroxylation is 2. The standard InChI is InChI=1S/C17H16F3N3OS/c1-10-16(25-11(2)21-10)13-5-3-4-12(8-13)14-6-7-23(22-14)9-15(24)17(18,19)20/h3-8,15,24H,9H2,1-2H3/t15-/m0/s1. The average Bonchev–Trinajstić information content (AvgIpc) is 3.13. The largest absolute Gasteiger partial charge is 0.416 e. The van der Waals surface area contributed by atoms with Gasteiger partial charge in [-0.25, -0.2) is 4.98 Å². The zero-order valence-electron chi connectivity index (χ0n) is 13.6. The lowest BCUT2D eigenvalue weighted by Crippen LogP contribution is -2.32. The minimum Gasteiger partial charge on any atom is -0.382 e. The van der Waals surface area contributed by atoms with E-state index in [-0.39, 0.29) is 0 Å². The van der Waals surface area contributed by atoms with Gasteiger partial charge in [-0.1, -0.05) is 18.2 Å². The topological polar surface area (TPSA) is 50.9 Å². The van der Waals surface area contributed by atoms with Gasteiger partial charge >= 0.3 is 6.18 Å². The number of aromatic nitrogens is 3. The van der Waals surface area contributed by atoms with E-state index in [2.05, 4.69) is 10.1 Å². The normalized spacial score (nSPS) is 13.2. The van der Waals surface area contributed by atoms with Crippen molar-refractivity contribution < 1.29 is 18.3 Å². The molecule has 1 N–H and O–H groups in total. The number of hydrogen-bond acceptors (Lipinski definition) is 4. The maximum Gasteiger partial charge on any atom is 0.416 e. The molecule has 0 saturated carbocycles. The Labute approximate surface area is 146 Å². The molecule has 8 heteroatoms. The Morgan fingerprint density at radius 2 is 1.92 bits per heavy atom. The van der Waals surface area contributed by atoms with Crippen molar-refractivity contribution in [1.82, 2.24) is 14.8 Å². The molecule has 2 aromatic heterocycles. The summed E-state index contributed by atoms with van der Waals surface area (Å²) in [6.07, 6.45) is -5.67. The zero-order chi connectivity index (χ0) is 18.2. The molecule has 25 heavy (non-hydrogen) atoms. The van der Waals surface area contributed by atoms with E-state index in [0.29, 0.717) is 5.69 Å². The monoisotopic (exact) mass is 367 g/mol. The van der Waals surface area contributed by atoms with Crippen molar-refractivity contribution in [3.63, 3.8) is 0 Å². The van der Waals surface area contributed by atoms with Gasteiger partial charge in [0.25, 0.3) is 0 Å². The fourth-order valence-corrected chi connectivity index (χ4v) is 3.43. The smallest absolute Gasteiger partial charge is 0.382 e. The number of benzene rings is 1. The molecule has 0 fully saturated rings. The number of rotatable bonds is 4. The van der Waals surface area contributed by atoms with Gasteiger partial charge in [0.05, 0.1) is 27.8 Å².